The molecular weight excluding hydrogens is 646 g/mol. The quantitative estimate of drug-likeness (QED) is 0.245. The van der Waals surface area contributed by atoms with Gasteiger partial charge in [0.05, 0.1) is 35.9 Å². The van der Waals surface area contributed by atoms with Gasteiger partial charge in [-0.2, -0.15) is 31.4 Å². The summed E-state index contributed by atoms with van der Waals surface area (Å²) >= 11 is 0. The maximum Gasteiger partial charge on any atom is 0.416 e. The van der Waals surface area contributed by atoms with Crippen molar-refractivity contribution >= 4 is 18.0 Å². The number of amides is 1. The van der Waals surface area contributed by atoms with Crippen molar-refractivity contribution in [3.63, 3.8) is 0 Å². The summed E-state index contributed by atoms with van der Waals surface area (Å²) in [5, 5.41) is 13.4. The van der Waals surface area contributed by atoms with Crippen molar-refractivity contribution in [1.29, 1.82) is 0 Å². The zero-order valence-electron chi connectivity index (χ0n) is 26.3. The molecule has 2 atom stereocenters. The fourth-order valence-electron chi connectivity index (χ4n) is 6.44. The van der Waals surface area contributed by atoms with Gasteiger partial charge in [-0.25, -0.2) is 14.8 Å². The number of nitrogens with zero attached hydrogens (tertiary/aromatic N) is 6. The number of aliphatic carboxylic acids is 1. The summed E-state index contributed by atoms with van der Waals surface area (Å²) in [7, 11) is 1.73. The smallest absolute Gasteiger partial charge is 0.416 e. The molecule has 2 aromatic heterocycles. The largest absolute Gasteiger partial charge is 0.481 e. The van der Waals surface area contributed by atoms with E-state index in [-0.39, 0.29) is 42.7 Å². The van der Waals surface area contributed by atoms with E-state index in [0.717, 1.165) is 0 Å². The summed E-state index contributed by atoms with van der Waals surface area (Å²) < 4.78 is 89.5. The lowest BCUT2D eigenvalue weighted by molar-refractivity contribution is -0.144. The number of alkyl halides is 6. The van der Waals surface area contributed by atoms with Gasteiger partial charge in [0.2, 0.25) is 5.95 Å². The molecular formula is C32H36F6N6O4. The van der Waals surface area contributed by atoms with Crippen molar-refractivity contribution in [2.24, 2.45) is 18.9 Å². The Bertz CT molecular complexity index is 1550. The molecule has 5 rings (SSSR count). The molecule has 260 valence electrons. The summed E-state index contributed by atoms with van der Waals surface area (Å²) in [6.45, 7) is 1.67. The van der Waals surface area contributed by atoms with Gasteiger partial charge < -0.3 is 19.6 Å². The molecule has 2 aliphatic rings. The second-order valence-corrected chi connectivity index (χ2v) is 12.5. The highest BCUT2D eigenvalue weighted by molar-refractivity contribution is 5.70. The first-order valence-electron chi connectivity index (χ1n) is 15.6. The molecule has 2 fully saturated rings. The van der Waals surface area contributed by atoms with E-state index in [2.05, 4.69) is 15.1 Å². The van der Waals surface area contributed by atoms with Crippen molar-refractivity contribution < 1.29 is 45.8 Å². The molecule has 1 N–H and O–H groups in total. The first-order valence-corrected chi connectivity index (χ1v) is 15.6. The number of hydrogen-bond acceptors (Lipinski definition) is 7. The fraction of sp³-hybridized carbons (Fsp3) is 0.531. The number of rotatable bonds is 9. The minimum atomic E-state index is -5.02. The van der Waals surface area contributed by atoms with Gasteiger partial charge in [-0.05, 0) is 68.2 Å². The molecule has 3 heterocycles. The predicted molar refractivity (Wildman–Crippen MR) is 160 cm³/mol. The Morgan fingerprint density at radius 2 is 1.58 bits per heavy atom. The van der Waals surface area contributed by atoms with Gasteiger partial charge in [-0.3, -0.25) is 9.48 Å². The van der Waals surface area contributed by atoms with E-state index in [1.165, 1.54) is 22.2 Å². The first kappa shape index (κ1) is 35.0. The van der Waals surface area contributed by atoms with Crippen LogP contribution in [0.15, 0.2) is 43.0 Å². The molecule has 1 aromatic carbocycles. The summed E-state index contributed by atoms with van der Waals surface area (Å²) in [5.41, 5.74) is -1.80. The monoisotopic (exact) mass is 682 g/mol. The van der Waals surface area contributed by atoms with Gasteiger partial charge in [-0.15, -0.1) is 0 Å². The highest BCUT2D eigenvalue weighted by Crippen LogP contribution is 2.38. The minimum absolute atomic E-state index is 0.0231. The van der Waals surface area contributed by atoms with Crippen LogP contribution in [0.5, 0.6) is 0 Å². The van der Waals surface area contributed by atoms with Crippen molar-refractivity contribution in [3.8, 4) is 11.1 Å². The third-order valence-corrected chi connectivity index (χ3v) is 9.11. The fourth-order valence-corrected chi connectivity index (χ4v) is 6.44. The van der Waals surface area contributed by atoms with Gasteiger partial charge in [0.1, 0.15) is 0 Å². The predicted octanol–water partition coefficient (Wildman–Crippen LogP) is 6.80. The number of aromatic nitrogens is 4. The average Bonchev–Trinajstić information content (AvgIpc) is 3.68. The Labute approximate surface area is 272 Å². The zero-order chi connectivity index (χ0) is 34.8. The lowest BCUT2D eigenvalue weighted by atomic mass is 9.82. The van der Waals surface area contributed by atoms with Crippen LogP contribution >= 0.6 is 0 Å². The van der Waals surface area contributed by atoms with Crippen molar-refractivity contribution in [2.75, 3.05) is 18.1 Å². The Balaban J connectivity index is 1.40. The van der Waals surface area contributed by atoms with E-state index in [0.29, 0.717) is 61.8 Å². The van der Waals surface area contributed by atoms with Crippen molar-refractivity contribution in [1.82, 2.24) is 24.6 Å². The van der Waals surface area contributed by atoms with Crippen LogP contribution in [0, 0.1) is 11.8 Å². The highest BCUT2D eigenvalue weighted by Gasteiger charge is 2.41. The third-order valence-electron chi connectivity index (χ3n) is 9.11. The van der Waals surface area contributed by atoms with E-state index in [1.807, 2.05) is 6.92 Å². The highest BCUT2D eigenvalue weighted by atomic mass is 19.4. The second kappa shape index (κ2) is 14.0. The van der Waals surface area contributed by atoms with Crippen LogP contribution in [0.1, 0.15) is 62.1 Å². The van der Waals surface area contributed by atoms with E-state index in [9.17, 15) is 41.0 Å². The number of hydrogen-bond donors (Lipinski definition) is 1. The minimum Gasteiger partial charge on any atom is -0.481 e. The molecule has 0 unspecified atom stereocenters. The van der Waals surface area contributed by atoms with Crippen LogP contribution in [-0.2, 0) is 35.5 Å². The van der Waals surface area contributed by atoms with Gasteiger partial charge >= 0.3 is 24.4 Å². The molecule has 3 aromatic rings. The topological polar surface area (TPSA) is 114 Å². The molecule has 16 heteroatoms. The van der Waals surface area contributed by atoms with E-state index in [4.69, 9.17) is 4.74 Å². The second-order valence-electron chi connectivity index (χ2n) is 12.5. The van der Waals surface area contributed by atoms with Crippen molar-refractivity contribution in [2.45, 2.75) is 76.4 Å². The molecule has 1 amide bonds. The van der Waals surface area contributed by atoms with Crippen molar-refractivity contribution in [3.05, 3.63) is 59.7 Å². The molecule has 1 aliphatic heterocycles. The van der Waals surface area contributed by atoms with Crippen LogP contribution in [0.3, 0.4) is 0 Å². The SMILES string of the molecule is CC[C@@H]1C[C@H](N(Cc2cc(C(F)(F)F)cc(C(F)(F)F)c2)c2ncc(-c3cnn(C)c3)cn2)CN1C(=O)OC[C@H]1CC[C@H](C(=O)O)CC1. The van der Waals surface area contributed by atoms with Gasteiger partial charge in [0.25, 0.3) is 0 Å². The number of likely N-dealkylation sites (tertiary alicyclic amines) is 1. The normalized spacial score (nSPS) is 21.7. The van der Waals surface area contributed by atoms with Crippen LogP contribution < -0.4 is 4.90 Å². The summed E-state index contributed by atoms with van der Waals surface area (Å²) in [6, 6.07) is 0.561. The lowest BCUT2D eigenvalue weighted by Crippen LogP contribution is -2.41. The number of benzene rings is 1. The zero-order valence-corrected chi connectivity index (χ0v) is 26.3. The van der Waals surface area contributed by atoms with Crippen LogP contribution in [0.25, 0.3) is 11.1 Å². The number of carbonyl (C=O) groups is 2. The number of aryl methyl sites for hydroxylation is 1. The Morgan fingerprint density at radius 3 is 2.10 bits per heavy atom. The molecule has 10 nitrogen and oxygen atoms in total. The Hall–Kier alpha value is -4.37. The molecule has 0 bridgehead atoms. The molecule has 1 saturated carbocycles. The number of ether oxygens (including phenoxy) is 1. The van der Waals surface area contributed by atoms with Gasteiger partial charge in [0.15, 0.2) is 0 Å². The van der Waals surface area contributed by atoms with Crippen LogP contribution in [-0.4, -0.2) is 67.1 Å². The standard InChI is InChI=1S/C32H36F6N6O4/c1-3-26-11-27(17-44(26)30(47)48-18-19-4-6-21(7-5-19)28(45)46)43(29-39-12-22(13-40-29)23-14-41-42(2)16-23)15-20-8-24(31(33,34)35)10-25(9-20)32(36,37)38/h8-10,12-14,16,19,21,26-27H,3-7,11,15,17-18H2,1-2H3,(H,45,46)/t19-,21-,26-,27+/m1/s1. The number of halogens is 6. The molecule has 1 aliphatic carbocycles. The van der Waals surface area contributed by atoms with E-state index >= 15 is 0 Å². The summed E-state index contributed by atoms with van der Waals surface area (Å²) in [4.78, 5) is 36.5. The summed E-state index contributed by atoms with van der Waals surface area (Å²) in [6.07, 6.45) is -1.20. The Kier molecular flexibility index (Phi) is 10.2. The average molecular weight is 683 g/mol. The molecule has 48 heavy (non-hydrogen) atoms. The maximum atomic E-state index is 13.7. The van der Waals surface area contributed by atoms with Gasteiger partial charge in [0, 0.05) is 55.9 Å². The number of carbonyl (C=O) groups excluding carboxylic acids is 1. The maximum absolute atomic E-state index is 13.7. The number of carboxylic acid groups (broad SMARTS) is 1. The number of carboxylic acids is 1. The third kappa shape index (κ3) is 8.19. The van der Waals surface area contributed by atoms with Crippen LogP contribution in [0.2, 0.25) is 0 Å². The molecule has 1 saturated heterocycles. The molecule has 0 radical (unpaired) electrons. The van der Waals surface area contributed by atoms with E-state index in [1.54, 1.807) is 24.1 Å². The Morgan fingerprint density at radius 1 is 0.958 bits per heavy atom. The first-order chi connectivity index (χ1) is 22.6. The number of anilines is 1. The van der Waals surface area contributed by atoms with Crippen LogP contribution in [0.4, 0.5) is 37.1 Å². The lowest BCUT2D eigenvalue weighted by Gasteiger charge is -2.30. The summed E-state index contributed by atoms with van der Waals surface area (Å²) in [5.74, 6) is -1.15. The molecule has 0 spiro atoms. The van der Waals surface area contributed by atoms with E-state index < -0.39 is 54.0 Å². The van der Waals surface area contributed by atoms with Gasteiger partial charge in [-0.1, -0.05) is 6.92 Å².